The van der Waals surface area contributed by atoms with Crippen molar-refractivity contribution < 1.29 is 0 Å². The minimum absolute atomic E-state index is 1.11. The van der Waals surface area contributed by atoms with E-state index in [1.165, 1.54) is 10.8 Å². The van der Waals surface area contributed by atoms with Crippen molar-refractivity contribution >= 4 is 18.2 Å². The molecule has 78 valence electrons. The van der Waals surface area contributed by atoms with Crippen molar-refractivity contribution in [2.75, 3.05) is 0 Å². The van der Waals surface area contributed by atoms with Crippen molar-refractivity contribution in [2.45, 2.75) is 13.8 Å². The van der Waals surface area contributed by atoms with Crippen molar-refractivity contribution in [3.8, 4) is 0 Å². The number of rotatable bonds is 3. The molecule has 0 aliphatic carbocycles. The van der Waals surface area contributed by atoms with Crippen molar-refractivity contribution in [3.05, 3.63) is 53.2 Å². The van der Waals surface area contributed by atoms with E-state index in [0.717, 1.165) is 11.0 Å². The van der Waals surface area contributed by atoms with Crippen LogP contribution in [0.4, 0.5) is 0 Å². The first-order chi connectivity index (χ1) is 7.24. The molecule has 0 saturated carbocycles. The van der Waals surface area contributed by atoms with E-state index in [2.05, 4.69) is 31.1 Å². The molecule has 0 atom stereocenters. The third-order valence-corrected chi connectivity index (χ3v) is 2.34. The van der Waals surface area contributed by atoms with Gasteiger partial charge in [-0.2, -0.15) is 0 Å². The van der Waals surface area contributed by atoms with Crippen LogP contribution in [-0.4, -0.2) is 4.98 Å². The quantitative estimate of drug-likeness (QED) is 0.719. The minimum Gasteiger partial charge on any atom is -0.355 e. The second-order valence-electron chi connectivity index (χ2n) is 3.28. The number of hydrogen-bond acceptors (Lipinski definition) is 0. The van der Waals surface area contributed by atoms with Gasteiger partial charge in [-0.25, -0.2) is 0 Å². The fraction of sp³-hybridized carbons (Fsp3) is 0.143. The van der Waals surface area contributed by atoms with Crippen LogP contribution < -0.4 is 10.6 Å². The lowest BCUT2D eigenvalue weighted by atomic mass is 10.2. The maximum Gasteiger partial charge on any atom is 0.0457 e. The lowest BCUT2D eigenvalue weighted by molar-refractivity contribution is 1.29. The van der Waals surface area contributed by atoms with Gasteiger partial charge in [0.25, 0.3) is 0 Å². The van der Waals surface area contributed by atoms with Gasteiger partial charge in [0.1, 0.15) is 0 Å². The van der Waals surface area contributed by atoms with Crippen LogP contribution in [0.3, 0.4) is 0 Å². The van der Waals surface area contributed by atoms with Crippen LogP contribution in [0, 0.1) is 6.92 Å². The smallest absolute Gasteiger partial charge is 0.0457 e. The molecule has 0 aliphatic heterocycles. The Morgan fingerprint density at radius 3 is 2.47 bits per heavy atom. The molecular formula is C14H17N. The summed E-state index contributed by atoms with van der Waals surface area (Å²) in [5, 5.41) is 2.34. The van der Waals surface area contributed by atoms with Gasteiger partial charge in [-0.1, -0.05) is 37.5 Å². The second kappa shape index (κ2) is 5.20. The molecule has 0 unspecified atom stereocenters. The zero-order valence-corrected chi connectivity index (χ0v) is 9.38. The number of nitrogens with one attached hydrogen (secondary N) is 1. The molecule has 1 rings (SSSR count). The normalized spacial score (nSPS) is 13.7. The van der Waals surface area contributed by atoms with Crippen LogP contribution in [0.2, 0.25) is 0 Å². The van der Waals surface area contributed by atoms with Crippen LogP contribution in [0.15, 0.2) is 31.4 Å². The number of allylic oxidation sites excluding steroid dienone is 3. The predicted molar refractivity (Wildman–Crippen MR) is 68.8 cm³/mol. The minimum atomic E-state index is 1.11. The Morgan fingerprint density at radius 2 is 1.93 bits per heavy atom. The van der Waals surface area contributed by atoms with E-state index in [1.54, 1.807) is 12.2 Å². The first-order valence-electron chi connectivity index (χ1n) is 5.01. The molecule has 0 bridgehead atoms. The summed E-state index contributed by atoms with van der Waals surface area (Å²) in [7, 11) is 0. The molecule has 15 heavy (non-hydrogen) atoms. The summed E-state index contributed by atoms with van der Waals surface area (Å²) >= 11 is 0. The molecule has 1 nitrogen and oxygen atoms in total. The van der Waals surface area contributed by atoms with Crippen molar-refractivity contribution in [1.29, 1.82) is 0 Å². The van der Waals surface area contributed by atoms with E-state index >= 15 is 0 Å². The highest BCUT2D eigenvalue weighted by molar-refractivity contribution is 5.54. The standard InChI is InChI=1S/C14H17N/c1-5-8-10-13-11(4)12(7-3)14(15-13)9-6-2/h5-10,15H,1-2H2,3-4H3/b10-8-,12-7-,14-9+. The van der Waals surface area contributed by atoms with E-state index in [9.17, 15) is 0 Å². The molecule has 0 aliphatic rings. The van der Waals surface area contributed by atoms with Crippen LogP contribution in [-0.2, 0) is 0 Å². The summed E-state index contributed by atoms with van der Waals surface area (Å²) in [6.45, 7) is 11.5. The van der Waals surface area contributed by atoms with Gasteiger partial charge in [0.2, 0.25) is 0 Å². The fourth-order valence-corrected chi connectivity index (χ4v) is 1.61. The van der Waals surface area contributed by atoms with E-state index < -0.39 is 0 Å². The molecule has 0 aromatic carbocycles. The summed E-state index contributed by atoms with van der Waals surface area (Å²) < 4.78 is 0. The lowest BCUT2D eigenvalue weighted by Gasteiger charge is -1.88. The molecule has 0 spiro atoms. The Kier molecular flexibility index (Phi) is 3.92. The molecular weight excluding hydrogens is 182 g/mol. The van der Waals surface area contributed by atoms with Crippen LogP contribution in [0.5, 0.6) is 0 Å². The van der Waals surface area contributed by atoms with E-state index in [-0.39, 0.29) is 0 Å². The molecule has 0 saturated heterocycles. The topological polar surface area (TPSA) is 15.8 Å². The van der Waals surface area contributed by atoms with Gasteiger partial charge >= 0.3 is 0 Å². The Morgan fingerprint density at radius 1 is 1.20 bits per heavy atom. The third kappa shape index (κ3) is 2.38. The maximum absolute atomic E-state index is 3.71. The van der Waals surface area contributed by atoms with Gasteiger partial charge in [0.15, 0.2) is 0 Å². The number of H-pyrrole nitrogens is 1. The third-order valence-electron chi connectivity index (χ3n) is 2.34. The van der Waals surface area contributed by atoms with Crippen molar-refractivity contribution in [3.63, 3.8) is 0 Å². The first kappa shape index (κ1) is 11.3. The molecule has 1 heteroatoms. The second-order valence-corrected chi connectivity index (χ2v) is 3.28. The monoisotopic (exact) mass is 199 g/mol. The van der Waals surface area contributed by atoms with E-state index in [4.69, 9.17) is 0 Å². The van der Waals surface area contributed by atoms with Crippen molar-refractivity contribution in [1.82, 2.24) is 4.98 Å². The van der Waals surface area contributed by atoms with E-state index in [1.807, 2.05) is 25.2 Å². The molecule has 1 aromatic rings. The van der Waals surface area contributed by atoms with Crippen LogP contribution in [0.1, 0.15) is 18.2 Å². The largest absolute Gasteiger partial charge is 0.355 e. The van der Waals surface area contributed by atoms with Gasteiger partial charge in [-0.3, -0.25) is 0 Å². The van der Waals surface area contributed by atoms with Gasteiger partial charge in [-0.15, -0.1) is 0 Å². The molecule has 1 aromatic heterocycles. The lowest BCUT2D eigenvalue weighted by Crippen LogP contribution is -2.23. The summed E-state index contributed by atoms with van der Waals surface area (Å²) in [5.41, 5.74) is 2.37. The zero-order chi connectivity index (χ0) is 11.3. The molecule has 0 fully saturated rings. The van der Waals surface area contributed by atoms with Crippen molar-refractivity contribution in [2.24, 2.45) is 0 Å². The predicted octanol–water partition coefficient (Wildman–Crippen LogP) is 2.29. The fourth-order valence-electron chi connectivity index (χ4n) is 1.61. The number of aromatic nitrogens is 1. The Hall–Kier alpha value is -1.76. The molecule has 1 heterocycles. The van der Waals surface area contributed by atoms with Gasteiger partial charge in [-0.05, 0) is 36.8 Å². The summed E-state index contributed by atoms with van der Waals surface area (Å²) in [4.78, 5) is 3.34. The Balaban J connectivity index is 3.48. The van der Waals surface area contributed by atoms with Gasteiger partial charge in [0.05, 0.1) is 0 Å². The average molecular weight is 199 g/mol. The Labute approximate surface area is 90.8 Å². The molecule has 0 amide bonds. The highest BCUT2D eigenvalue weighted by Gasteiger charge is 1.99. The zero-order valence-electron chi connectivity index (χ0n) is 9.38. The Bertz CT molecular complexity index is 498. The first-order valence-corrected chi connectivity index (χ1v) is 5.01. The van der Waals surface area contributed by atoms with E-state index in [0.29, 0.717) is 0 Å². The maximum atomic E-state index is 3.71. The number of hydrogen-bond donors (Lipinski definition) is 1. The average Bonchev–Trinajstić information content (AvgIpc) is 2.52. The SMILES string of the molecule is C=C/C=C\c1[nH]c(=C/C=C)/c(=C\C)c1C. The number of aromatic amines is 1. The summed E-state index contributed by atoms with van der Waals surface area (Å²) in [6.07, 6.45) is 11.6. The van der Waals surface area contributed by atoms with Gasteiger partial charge < -0.3 is 4.98 Å². The highest BCUT2D eigenvalue weighted by Crippen LogP contribution is 1.99. The van der Waals surface area contributed by atoms with Gasteiger partial charge in [0, 0.05) is 11.0 Å². The van der Waals surface area contributed by atoms with Crippen LogP contribution in [0.25, 0.3) is 18.2 Å². The molecule has 1 N–H and O–H groups in total. The summed E-state index contributed by atoms with van der Waals surface area (Å²) in [6, 6.07) is 0. The molecule has 0 radical (unpaired) electrons. The summed E-state index contributed by atoms with van der Waals surface area (Å²) in [5.74, 6) is 0. The van der Waals surface area contributed by atoms with Crippen LogP contribution >= 0.6 is 0 Å². The highest BCUT2D eigenvalue weighted by atomic mass is 14.7.